The maximum Gasteiger partial charge on any atom is 0.237 e. The lowest BCUT2D eigenvalue weighted by Crippen LogP contribution is -2.48. The number of fused-ring (bicyclic) bond motifs is 6. The van der Waals surface area contributed by atoms with Crippen LogP contribution in [0.5, 0.6) is 0 Å². The number of benzene rings is 2. The zero-order valence-corrected chi connectivity index (χ0v) is 17.5. The number of nitrogens with one attached hydrogen (secondary N) is 1. The van der Waals surface area contributed by atoms with Crippen LogP contribution in [0.15, 0.2) is 48.5 Å². The molecule has 1 fully saturated rings. The molecule has 2 unspecified atom stereocenters. The van der Waals surface area contributed by atoms with Gasteiger partial charge in [-0.15, -0.1) is 0 Å². The zero-order valence-electron chi connectivity index (χ0n) is 17.5. The van der Waals surface area contributed by atoms with Crippen LogP contribution in [0.1, 0.15) is 57.5 Å². The molecule has 29 heavy (non-hydrogen) atoms. The van der Waals surface area contributed by atoms with Crippen LogP contribution < -0.4 is 5.32 Å². The fourth-order valence-corrected chi connectivity index (χ4v) is 5.73. The minimum atomic E-state index is -0.672. The van der Waals surface area contributed by atoms with Crippen LogP contribution in [-0.2, 0) is 22.0 Å². The van der Waals surface area contributed by atoms with Crippen LogP contribution in [0.4, 0.5) is 5.69 Å². The molecule has 1 N–H and O–H groups in total. The molecule has 2 aromatic carbocycles. The normalized spacial score (nSPS) is 26.5. The summed E-state index contributed by atoms with van der Waals surface area (Å²) in [5.74, 6) is 0.0513. The van der Waals surface area contributed by atoms with E-state index in [1.807, 2.05) is 42.5 Å². The van der Waals surface area contributed by atoms with E-state index in [9.17, 15) is 4.79 Å². The quantitative estimate of drug-likeness (QED) is 0.677. The largest absolute Gasteiger partial charge is 0.325 e. The second-order valence-electron chi connectivity index (χ2n) is 9.24. The minimum Gasteiger partial charge on any atom is -0.325 e. The summed E-state index contributed by atoms with van der Waals surface area (Å²) in [6.45, 7) is 8.82. The Morgan fingerprint density at radius 3 is 2.24 bits per heavy atom. The molecule has 2 bridgehead atoms. The van der Waals surface area contributed by atoms with E-state index in [1.54, 1.807) is 0 Å². The Morgan fingerprint density at radius 1 is 0.931 bits per heavy atom. The van der Waals surface area contributed by atoms with E-state index < -0.39 is 5.41 Å². The van der Waals surface area contributed by atoms with Crippen LogP contribution in [0.25, 0.3) is 11.0 Å². The lowest BCUT2D eigenvalue weighted by atomic mass is 9.63. The maximum absolute atomic E-state index is 13.9. The molecule has 5 rings (SSSR count). The Morgan fingerprint density at radius 2 is 1.55 bits per heavy atom. The topological polar surface area (TPSA) is 54.9 Å². The van der Waals surface area contributed by atoms with Crippen molar-refractivity contribution in [3.8, 4) is 0 Å². The molecule has 0 radical (unpaired) electrons. The van der Waals surface area contributed by atoms with Crippen molar-refractivity contribution < 1.29 is 4.79 Å². The molecule has 0 spiro atoms. The third-order valence-corrected chi connectivity index (χ3v) is 7.98. The molecule has 4 heteroatoms. The second-order valence-corrected chi connectivity index (χ2v) is 9.24. The number of amides is 1. The number of hydrogen-bond donors (Lipinski definition) is 1. The van der Waals surface area contributed by atoms with Gasteiger partial charge >= 0.3 is 0 Å². The number of hydrogen-bond acceptors (Lipinski definition) is 3. The van der Waals surface area contributed by atoms with Gasteiger partial charge in [-0.1, -0.05) is 58.0 Å². The van der Waals surface area contributed by atoms with Gasteiger partial charge in [-0.3, -0.25) is 4.79 Å². The van der Waals surface area contributed by atoms with Gasteiger partial charge in [-0.25, -0.2) is 9.97 Å². The van der Waals surface area contributed by atoms with Crippen molar-refractivity contribution in [2.45, 2.75) is 57.8 Å². The molecule has 3 aromatic rings. The number of para-hydroxylation sites is 3. The monoisotopic (exact) mass is 385 g/mol. The van der Waals surface area contributed by atoms with Crippen molar-refractivity contribution in [1.29, 1.82) is 0 Å². The highest BCUT2D eigenvalue weighted by Crippen LogP contribution is 2.70. The molecule has 0 saturated heterocycles. The zero-order chi connectivity index (χ0) is 20.4. The lowest BCUT2D eigenvalue weighted by Gasteiger charge is -2.39. The first-order valence-electron chi connectivity index (χ1n) is 10.5. The number of rotatable bonds is 3. The third-order valence-electron chi connectivity index (χ3n) is 7.98. The van der Waals surface area contributed by atoms with Crippen molar-refractivity contribution >= 4 is 22.6 Å². The fraction of sp³-hybridized carbons (Fsp3) is 0.400. The Bertz CT molecular complexity index is 1150. The van der Waals surface area contributed by atoms with Crippen LogP contribution >= 0.6 is 0 Å². The number of anilines is 1. The molecule has 0 aliphatic heterocycles. The first-order chi connectivity index (χ1) is 13.8. The Labute approximate surface area is 171 Å². The number of nitrogens with zero attached hydrogens (tertiary/aromatic N) is 2. The molecule has 1 aromatic heterocycles. The van der Waals surface area contributed by atoms with Crippen LogP contribution in [0, 0.1) is 5.41 Å². The minimum absolute atomic E-state index is 0.0513. The van der Waals surface area contributed by atoms with Gasteiger partial charge in [0, 0.05) is 11.1 Å². The Balaban J connectivity index is 1.70. The number of carbonyl (C=O) groups excluding carboxylic acids is 1. The molecular weight excluding hydrogens is 358 g/mol. The lowest BCUT2D eigenvalue weighted by molar-refractivity contribution is -0.125. The Hall–Kier alpha value is -2.75. The molecule has 4 nitrogen and oxygen atoms in total. The summed E-state index contributed by atoms with van der Waals surface area (Å²) in [4.78, 5) is 24.0. The smallest absolute Gasteiger partial charge is 0.237 e. The molecule has 2 atom stereocenters. The highest BCUT2D eigenvalue weighted by atomic mass is 16.2. The average molecular weight is 386 g/mol. The standard InChI is InChI=1S/C25H27N3O/c1-5-16-10-6-7-11-17(16)28-22(29)25-15-14-24(4,23(25,2)3)20-21(25)27-19-13-9-8-12-18(19)26-20/h6-13H,5,14-15H2,1-4H3,(H,28,29). The maximum atomic E-state index is 13.9. The third kappa shape index (κ3) is 2.12. The second kappa shape index (κ2) is 5.88. The van der Waals surface area contributed by atoms with Gasteiger partial charge in [0.05, 0.1) is 27.8 Å². The van der Waals surface area contributed by atoms with Gasteiger partial charge in [0.1, 0.15) is 0 Å². The van der Waals surface area contributed by atoms with Gasteiger partial charge < -0.3 is 5.32 Å². The molecule has 1 heterocycles. The molecule has 2 aliphatic rings. The van der Waals surface area contributed by atoms with E-state index in [4.69, 9.17) is 9.97 Å². The summed E-state index contributed by atoms with van der Waals surface area (Å²) in [5.41, 5.74) is 4.59. The van der Waals surface area contributed by atoms with Gasteiger partial charge in [-0.05, 0) is 48.4 Å². The van der Waals surface area contributed by atoms with E-state index in [0.717, 1.165) is 52.9 Å². The van der Waals surface area contributed by atoms with Crippen molar-refractivity contribution in [1.82, 2.24) is 9.97 Å². The molecule has 1 amide bonds. The van der Waals surface area contributed by atoms with Crippen LogP contribution in [-0.4, -0.2) is 15.9 Å². The van der Waals surface area contributed by atoms with Gasteiger partial charge in [-0.2, -0.15) is 0 Å². The number of aryl methyl sites for hydroxylation is 1. The highest BCUT2D eigenvalue weighted by Gasteiger charge is 2.73. The molecule has 148 valence electrons. The number of aromatic nitrogens is 2. The summed E-state index contributed by atoms with van der Waals surface area (Å²) in [6.07, 6.45) is 2.63. The number of carbonyl (C=O) groups is 1. The fourth-order valence-electron chi connectivity index (χ4n) is 5.73. The van der Waals surface area contributed by atoms with Crippen molar-refractivity contribution in [2.24, 2.45) is 5.41 Å². The van der Waals surface area contributed by atoms with Crippen molar-refractivity contribution in [3.05, 3.63) is 65.5 Å². The van der Waals surface area contributed by atoms with Gasteiger partial charge in [0.2, 0.25) is 5.91 Å². The Kier molecular flexibility index (Phi) is 3.71. The summed E-state index contributed by atoms with van der Waals surface area (Å²) in [7, 11) is 0. The summed E-state index contributed by atoms with van der Waals surface area (Å²) >= 11 is 0. The summed E-state index contributed by atoms with van der Waals surface area (Å²) in [5, 5.41) is 3.28. The van der Waals surface area contributed by atoms with Crippen molar-refractivity contribution in [3.63, 3.8) is 0 Å². The first kappa shape index (κ1) is 18.3. The van der Waals surface area contributed by atoms with Crippen LogP contribution in [0.2, 0.25) is 0 Å². The van der Waals surface area contributed by atoms with Crippen LogP contribution in [0.3, 0.4) is 0 Å². The predicted molar refractivity (Wildman–Crippen MR) is 116 cm³/mol. The predicted octanol–water partition coefficient (Wildman–Crippen LogP) is 5.16. The molecular formula is C25H27N3O. The molecule has 2 aliphatic carbocycles. The van der Waals surface area contributed by atoms with Gasteiger partial charge in [0.25, 0.3) is 0 Å². The van der Waals surface area contributed by atoms with E-state index in [-0.39, 0.29) is 16.7 Å². The van der Waals surface area contributed by atoms with E-state index in [0.29, 0.717) is 0 Å². The highest BCUT2D eigenvalue weighted by molar-refractivity contribution is 6.02. The first-order valence-corrected chi connectivity index (χ1v) is 10.5. The van der Waals surface area contributed by atoms with Crippen molar-refractivity contribution in [2.75, 3.05) is 5.32 Å². The summed E-state index contributed by atoms with van der Waals surface area (Å²) in [6, 6.07) is 16.0. The molecule has 1 saturated carbocycles. The summed E-state index contributed by atoms with van der Waals surface area (Å²) < 4.78 is 0. The van der Waals surface area contributed by atoms with E-state index >= 15 is 0 Å². The SMILES string of the molecule is CCc1ccccc1NC(=O)C12CCC(C)(c3nc4ccccc4nc31)C2(C)C. The van der Waals surface area contributed by atoms with E-state index in [1.165, 1.54) is 0 Å². The van der Waals surface area contributed by atoms with E-state index in [2.05, 4.69) is 39.1 Å². The average Bonchev–Trinajstić information content (AvgIpc) is 3.02. The van der Waals surface area contributed by atoms with Gasteiger partial charge in [0.15, 0.2) is 0 Å².